The summed E-state index contributed by atoms with van der Waals surface area (Å²) in [5, 5.41) is 11.8. The monoisotopic (exact) mass is 239 g/mol. The van der Waals surface area contributed by atoms with Crippen molar-refractivity contribution in [1.29, 1.82) is 0 Å². The van der Waals surface area contributed by atoms with E-state index >= 15 is 0 Å². The SMILES string of the molecule is C[C@H](NC(=O)C1CC1C(=O)O)C1CCCCC1. The molecule has 2 aliphatic rings. The highest BCUT2D eigenvalue weighted by atomic mass is 16.4. The lowest BCUT2D eigenvalue weighted by Crippen LogP contribution is -2.40. The van der Waals surface area contributed by atoms with Gasteiger partial charge in [0.25, 0.3) is 0 Å². The highest BCUT2D eigenvalue weighted by Gasteiger charge is 2.48. The summed E-state index contributed by atoms with van der Waals surface area (Å²) in [4.78, 5) is 22.5. The van der Waals surface area contributed by atoms with E-state index in [2.05, 4.69) is 5.32 Å². The molecule has 0 radical (unpaired) electrons. The lowest BCUT2D eigenvalue weighted by Gasteiger charge is -2.28. The Morgan fingerprint density at radius 1 is 1.18 bits per heavy atom. The van der Waals surface area contributed by atoms with Crippen LogP contribution in [0.2, 0.25) is 0 Å². The highest BCUT2D eigenvalue weighted by Crippen LogP contribution is 2.39. The Labute approximate surface area is 102 Å². The van der Waals surface area contributed by atoms with Gasteiger partial charge in [-0.05, 0) is 32.1 Å². The van der Waals surface area contributed by atoms with Crippen molar-refractivity contribution in [1.82, 2.24) is 5.32 Å². The molecular formula is C13H21NO3. The van der Waals surface area contributed by atoms with Crippen LogP contribution in [-0.4, -0.2) is 23.0 Å². The second kappa shape index (κ2) is 5.07. The average Bonchev–Trinajstić information content (AvgIpc) is 3.10. The van der Waals surface area contributed by atoms with Crippen LogP contribution in [0.4, 0.5) is 0 Å². The number of hydrogen-bond donors (Lipinski definition) is 2. The van der Waals surface area contributed by atoms with Gasteiger partial charge < -0.3 is 10.4 Å². The number of carboxylic acids is 1. The van der Waals surface area contributed by atoms with Crippen LogP contribution in [-0.2, 0) is 9.59 Å². The Morgan fingerprint density at radius 2 is 1.82 bits per heavy atom. The molecule has 2 fully saturated rings. The van der Waals surface area contributed by atoms with E-state index in [-0.39, 0.29) is 17.9 Å². The molecule has 2 aliphatic carbocycles. The molecule has 3 atom stereocenters. The van der Waals surface area contributed by atoms with Gasteiger partial charge in [-0.15, -0.1) is 0 Å². The smallest absolute Gasteiger partial charge is 0.307 e. The molecule has 2 N–H and O–H groups in total. The zero-order valence-electron chi connectivity index (χ0n) is 10.3. The van der Waals surface area contributed by atoms with Crippen LogP contribution in [0, 0.1) is 17.8 Å². The van der Waals surface area contributed by atoms with E-state index in [9.17, 15) is 9.59 Å². The molecule has 4 heteroatoms. The molecule has 0 aromatic rings. The second-order valence-corrected chi connectivity index (χ2v) is 5.48. The minimum absolute atomic E-state index is 0.0597. The third-order valence-electron chi connectivity index (χ3n) is 4.17. The largest absolute Gasteiger partial charge is 0.481 e. The Kier molecular flexibility index (Phi) is 3.69. The van der Waals surface area contributed by atoms with Crippen molar-refractivity contribution in [3.63, 3.8) is 0 Å². The summed E-state index contributed by atoms with van der Waals surface area (Å²) in [6.07, 6.45) is 6.71. The third kappa shape index (κ3) is 2.99. The molecule has 2 unspecified atom stereocenters. The quantitative estimate of drug-likeness (QED) is 0.786. The van der Waals surface area contributed by atoms with E-state index in [1.54, 1.807) is 0 Å². The molecule has 2 rings (SSSR count). The lowest BCUT2D eigenvalue weighted by atomic mass is 9.84. The topological polar surface area (TPSA) is 66.4 Å². The Bertz CT molecular complexity index is 310. The minimum Gasteiger partial charge on any atom is -0.481 e. The molecule has 1 amide bonds. The van der Waals surface area contributed by atoms with Gasteiger partial charge in [0, 0.05) is 6.04 Å². The van der Waals surface area contributed by atoms with Gasteiger partial charge in [-0.1, -0.05) is 19.3 Å². The Hall–Kier alpha value is -1.06. The van der Waals surface area contributed by atoms with Gasteiger partial charge in [-0.25, -0.2) is 0 Å². The molecule has 4 nitrogen and oxygen atoms in total. The zero-order chi connectivity index (χ0) is 12.4. The van der Waals surface area contributed by atoms with Crippen LogP contribution in [0.25, 0.3) is 0 Å². The Morgan fingerprint density at radius 3 is 2.35 bits per heavy atom. The van der Waals surface area contributed by atoms with E-state index in [1.807, 2.05) is 6.92 Å². The van der Waals surface area contributed by atoms with Crippen LogP contribution < -0.4 is 5.32 Å². The summed E-state index contributed by atoms with van der Waals surface area (Å²) >= 11 is 0. The van der Waals surface area contributed by atoms with Crippen molar-refractivity contribution in [2.45, 2.75) is 51.5 Å². The summed E-state index contributed by atoms with van der Waals surface area (Å²) < 4.78 is 0. The number of carbonyl (C=O) groups is 2. The first-order chi connectivity index (χ1) is 8.09. The minimum atomic E-state index is -0.838. The van der Waals surface area contributed by atoms with Crippen molar-refractivity contribution < 1.29 is 14.7 Å². The molecule has 0 aromatic heterocycles. The van der Waals surface area contributed by atoms with Crippen LogP contribution in [0.15, 0.2) is 0 Å². The maximum absolute atomic E-state index is 11.8. The van der Waals surface area contributed by atoms with E-state index in [0.29, 0.717) is 12.3 Å². The first-order valence-electron chi connectivity index (χ1n) is 6.62. The van der Waals surface area contributed by atoms with Crippen molar-refractivity contribution in [2.75, 3.05) is 0 Å². The van der Waals surface area contributed by atoms with Crippen LogP contribution in [0.3, 0.4) is 0 Å². The first kappa shape index (κ1) is 12.4. The Balaban J connectivity index is 1.76. The standard InChI is InChI=1S/C13H21NO3/c1-8(9-5-3-2-4-6-9)14-12(15)10-7-11(10)13(16)17/h8-11H,2-7H2,1H3,(H,14,15)(H,16,17)/t8-,10?,11?/m0/s1. The number of aliphatic carboxylic acids is 1. The fraction of sp³-hybridized carbons (Fsp3) is 0.846. The van der Waals surface area contributed by atoms with E-state index in [4.69, 9.17) is 5.11 Å². The number of carboxylic acid groups (broad SMARTS) is 1. The molecule has 2 saturated carbocycles. The predicted octanol–water partition coefficient (Wildman–Crippen LogP) is 1.79. The molecule has 0 saturated heterocycles. The van der Waals surface area contributed by atoms with Gasteiger partial charge in [-0.3, -0.25) is 9.59 Å². The number of rotatable bonds is 4. The summed E-state index contributed by atoms with van der Waals surface area (Å²) in [6.45, 7) is 2.05. The van der Waals surface area contributed by atoms with Gasteiger partial charge in [0.15, 0.2) is 0 Å². The van der Waals surface area contributed by atoms with Crippen molar-refractivity contribution in [3.8, 4) is 0 Å². The molecule has 96 valence electrons. The van der Waals surface area contributed by atoms with Crippen molar-refractivity contribution in [3.05, 3.63) is 0 Å². The fourth-order valence-electron chi connectivity index (χ4n) is 2.84. The molecule has 0 heterocycles. The third-order valence-corrected chi connectivity index (χ3v) is 4.17. The molecule has 0 spiro atoms. The number of carbonyl (C=O) groups excluding carboxylic acids is 1. The van der Waals surface area contributed by atoms with Crippen LogP contribution >= 0.6 is 0 Å². The average molecular weight is 239 g/mol. The summed E-state index contributed by atoms with van der Waals surface area (Å²) in [5.41, 5.74) is 0. The van der Waals surface area contributed by atoms with E-state index in [0.717, 1.165) is 0 Å². The lowest BCUT2D eigenvalue weighted by molar-refractivity contribution is -0.140. The summed E-state index contributed by atoms with van der Waals surface area (Å²) in [5.74, 6) is -1.03. The van der Waals surface area contributed by atoms with Gasteiger partial charge in [-0.2, -0.15) is 0 Å². The van der Waals surface area contributed by atoms with Gasteiger partial charge in [0.2, 0.25) is 5.91 Å². The van der Waals surface area contributed by atoms with E-state index in [1.165, 1.54) is 32.1 Å². The zero-order valence-corrected chi connectivity index (χ0v) is 10.3. The van der Waals surface area contributed by atoms with E-state index < -0.39 is 11.9 Å². The van der Waals surface area contributed by atoms with Crippen molar-refractivity contribution >= 4 is 11.9 Å². The first-order valence-corrected chi connectivity index (χ1v) is 6.62. The molecule has 17 heavy (non-hydrogen) atoms. The van der Waals surface area contributed by atoms with Gasteiger partial charge in [0.1, 0.15) is 0 Å². The van der Waals surface area contributed by atoms with Crippen LogP contribution in [0.5, 0.6) is 0 Å². The number of amides is 1. The summed E-state index contributed by atoms with van der Waals surface area (Å²) in [6, 6.07) is 0.192. The maximum atomic E-state index is 11.8. The number of hydrogen-bond acceptors (Lipinski definition) is 2. The fourth-order valence-corrected chi connectivity index (χ4v) is 2.84. The maximum Gasteiger partial charge on any atom is 0.307 e. The van der Waals surface area contributed by atoms with Crippen LogP contribution in [0.1, 0.15) is 45.4 Å². The van der Waals surface area contributed by atoms with Gasteiger partial charge >= 0.3 is 5.97 Å². The second-order valence-electron chi connectivity index (χ2n) is 5.48. The summed E-state index contributed by atoms with van der Waals surface area (Å²) in [7, 11) is 0. The molecule has 0 aromatic carbocycles. The highest BCUT2D eigenvalue weighted by molar-refractivity contribution is 5.89. The van der Waals surface area contributed by atoms with Crippen molar-refractivity contribution in [2.24, 2.45) is 17.8 Å². The molecular weight excluding hydrogens is 218 g/mol. The normalized spacial score (nSPS) is 30.6. The van der Waals surface area contributed by atoms with Gasteiger partial charge in [0.05, 0.1) is 11.8 Å². The molecule has 0 bridgehead atoms. The predicted molar refractivity (Wildman–Crippen MR) is 63.4 cm³/mol. The number of nitrogens with one attached hydrogen (secondary N) is 1. The molecule has 0 aliphatic heterocycles.